The molecule has 82 heavy (non-hydrogen) atoms. The maximum Gasteiger partial charge on any atom is 0.0541 e. The second-order valence-electron chi connectivity index (χ2n) is 21.2. The van der Waals surface area contributed by atoms with Crippen molar-refractivity contribution in [1.29, 1.82) is 0 Å². The molecule has 0 bridgehead atoms. The zero-order valence-electron chi connectivity index (χ0n) is 45.1. The molecule has 384 valence electrons. The SMILES string of the molecule is c1ccc(-c2ccc(N(c3ccccc3)c3ccc(-c4ccc(-c5ccc(-n6c7ccc(-c8cccc9c(-c%10ccccc%10)cccc89)cc7c7cc(-c8cccc9c(-c%10ccccc%10)cccc89)ccc76)cc5)cc4)cc3)cc2)cc1. The van der Waals surface area contributed by atoms with Crippen LogP contribution in [0, 0.1) is 0 Å². The van der Waals surface area contributed by atoms with Gasteiger partial charge in [0.15, 0.2) is 0 Å². The molecule has 0 fully saturated rings. The smallest absolute Gasteiger partial charge is 0.0541 e. The van der Waals surface area contributed by atoms with E-state index in [0.29, 0.717) is 0 Å². The number of aromatic nitrogens is 1. The molecule has 0 aliphatic rings. The van der Waals surface area contributed by atoms with Crippen molar-refractivity contribution < 1.29 is 0 Å². The highest BCUT2D eigenvalue weighted by atomic mass is 15.1. The van der Waals surface area contributed by atoms with Gasteiger partial charge in [0.2, 0.25) is 0 Å². The number of nitrogens with zero attached hydrogens (tertiary/aromatic N) is 2. The Morgan fingerprint density at radius 1 is 0.183 bits per heavy atom. The second-order valence-corrected chi connectivity index (χ2v) is 21.2. The molecular weight excluding hydrogens is 989 g/mol. The summed E-state index contributed by atoms with van der Waals surface area (Å²) in [5.41, 5.74) is 23.6. The summed E-state index contributed by atoms with van der Waals surface area (Å²) >= 11 is 0. The number of para-hydroxylation sites is 1. The number of benzene rings is 14. The minimum absolute atomic E-state index is 1.10. The van der Waals surface area contributed by atoms with E-state index in [4.69, 9.17) is 0 Å². The molecule has 1 heterocycles. The minimum atomic E-state index is 1.10. The summed E-state index contributed by atoms with van der Waals surface area (Å²) in [6.45, 7) is 0. The predicted octanol–water partition coefficient (Wildman–Crippen LogP) is 22.2. The van der Waals surface area contributed by atoms with Crippen LogP contribution in [0.15, 0.2) is 328 Å². The Morgan fingerprint density at radius 2 is 0.463 bits per heavy atom. The van der Waals surface area contributed by atoms with Gasteiger partial charge in [0.05, 0.1) is 11.0 Å². The number of rotatable bonds is 11. The maximum absolute atomic E-state index is 2.45. The van der Waals surface area contributed by atoms with Crippen molar-refractivity contribution in [1.82, 2.24) is 4.57 Å². The predicted molar refractivity (Wildman–Crippen MR) is 349 cm³/mol. The lowest BCUT2D eigenvalue weighted by atomic mass is 9.91. The molecule has 0 spiro atoms. The highest BCUT2D eigenvalue weighted by molar-refractivity contribution is 6.14. The largest absolute Gasteiger partial charge is 0.311 e. The van der Waals surface area contributed by atoms with Gasteiger partial charge in [-0.3, -0.25) is 0 Å². The van der Waals surface area contributed by atoms with Crippen molar-refractivity contribution >= 4 is 60.4 Å². The van der Waals surface area contributed by atoms with Crippen LogP contribution in [0.1, 0.15) is 0 Å². The Labute approximate surface area is 478 Å². The summed E-state index contributed by atoms with van der Waals surface area (Å²) in [5, 5.41) is 7.41. The Kier molecular flexibility index (Phi) is 12.2. The average molecular weight is 1040 g/mol. The summed E-state index contributed by atoms with van der Waals surface area (Å²) < 4.78 is 2.45. The van der Waals surface area contributed by atoms with Gasteiger partial charge in [-0.1, -0.05) is 255 Å². The van der Waals surface area contributed by atoms with Gasteiger partial charge in [-0.25, -0.2) is 0 Å². The summed E-state index contributed by atoms with van der Waals surface area (Å²) in [6, 6.07) is 120. The first kappa shape index (κ1) is 48.3. The second kappa shape index (κ2) is 20.8. The summed E-state index contributed by atoms with van der Waals surface area (Å²) in [4.78, 5) is 2.32. The summed E-state index contributed by atoms with van der Waals surface area (Å²) in [7, 11) is 0. The topological polar surface area (TPSA) is 8.17 Å². The zero-order valence-corrected chi connectivity index (χ0v) is 45.1. The molecule has 0 atom stereocenters. The van der Waals surface area contributed by atoms with Crippen molar-refractivity contribution in [3.05, 3.63) is 328 Å². The molecule has 2 heteroatoms. The van der Waals surface area contributed by atoms with Crippen LogP contribution in [0.3, 0.4) is 0 Å². The Bertz CT molecular complexity index is 4600. The molecule has 0 aliphatic heterocycles. The fourth-order valence-corrected chi connectivity index (χ4v) is 12.4. The van der Waals surface area contributed by atoms with E-state index < -0.39 is 0 Å². The van der Waals surface area contributed by atoms with E-state index in [9.17, 15) is 0 Å². The van der Waals surface area contributed by atoms with E-state index in [1.807, 2.05) is 0 Å². The number of anilines is 3. The van der Waals surface area contributed by atoms with E-state index in [1.165, 1.54) is 121 Å². The molecule has 0 radical (unpaired) electrons. The lowest BCUT2D eigenvalue weighted by Crippen LogP contribution is -2.09. The molecule has 15 rings (SSSR count). The zero-order chi connectivity index (χ0) is 54.3. The number of hydrogen-bond donors (Lipinski definition) is 0. The first-order chi connectivity index (χ1) is 40.7. The number of hydrogen-bond acceptors (Lipinski definition) is 1. The van der Waals surface area contributed by atoms with Crippen molar-refractivity contribution in [2.45, 2.75) is 0 Å². The van der Waals surface area contributed by atoms with Crippen LogP contribution >= 0.6 is 0 Å². The molecule has 0 N–H and O–H groups in total. The van der Waals surface area contributed by atoms with E-state index in [2.05, 4.69) is 337 Å². The summed E-state index contributed by atoms with van der Waals surface area (Å²) in [5.74, 6) is 0. The highest BCUT2D eigenvalue weighted by Gasteiger charge is 2.19. The normalized spacial score (nSPS) is 11.4. The van der Waals surface area contributed by atoms with Crippen molar-refractivity contribution in [3.8, 4) is 83.6 Å². The average Bonchev–Trinajstić information content (AvgIpc) is 3.76. The van der Waals surface area contributed by atoms with Crippen molar-refractivity contribution in [3.63, 3.8) is 0 Å². The van der Waals surface area contributed by atoms with Gasteiger partial charge in [-0.05, 0) is 172 Å². The van der Waals surface area contributed by atoms with E-state index in [0.717, 1.165) is 22.7 Å². The standard InChI is InChI=1S/C80H54N2/c1-5-17-55(18-6-1)58-37-45-66(46-38-58)81(65-23-11-4-12-24-65)67-47-39-59(40-48-67)56-33-35-57(36-34-56)60-41-49-68(50-42-60)82-79-51-43-63(71-27-15-29-73-69(25-13-31-75(71)73)61-19-7-2-8-20-61)53-77(79)78-54-64(44-52-80(78)82)72-28-16-30-74-70(26-14-32-76(72)74)62-21-9-3-10-22-62/h1-54H. The Balaban J connectivity index is 0.776. The maximum atomic E-state index is 2.45. The molecule has 0 saturated carbocycles. The van der Waals surface area contributed by atoms with Crippen molar-refractivity contribution in [2.24, 2.45) is 0 Å². The van der Waals surface area contributed by atoms with Crippen LogP contribution in [0.25, 0.3) is 127 Å². The highest BCUT2D eigenvalue weighted by Crippen LogP contribution is 2.43. The first-order valence-corrected chi connectivity index (χ1v) is 28.2. The van der Waals surface area contributed by atoms with Gasteiger partial charge >= 0.3 is 0 Å². The van der Waals surface area contributed by atoms with Crippen LogP contribution < -0.4 is 4.90 Å². The molecule has 0 saturated heterocycles. The third-order valence-corrected chi connectivity index (χ3v) is 16.5. The summed E-state index contributed by atoms with van der Waals surface area (Å²) in [6.07, 6.45) is 0. The van der Waals surface area contributed by atoms with Crippen LogP contribution in [0.5, 0.6) is 0 Å². The minimum Gasteiger partial charge on any atom is -0.311 e. The lowest BCUT2D eigenvalue weighted by Gasteiger charge is -2.26. The van der Waals surface area contributed by atoms with Gasteiger partial charge in [-0.15, -0.1) is 0 Å². The molecule has 15 aromatic rings. The van der Waals surface area contributed by atoms with E-state index in [-0.39, 0.29) is 0 Å². The molecule has 2 nitrogen and oxygen atoms in total. The molecule has 0 aliphatic carbocycles. The monoisotopic (exact) mass is 1040 g/mol. The first-order valence-electron chi connectivity index (χ1n) is 28.2. The molecule has 14 aromatic carbocycles. The fourth-order valence-electron chi connectivity index (χ4n) is 12.4. The van der Waals surface area contributed by atoms with E-state index in [1.54, 1.807) is 0 Å². The van der Waals surface area contributed by atoms with Crippen LogP contribution in [0.4, 0.5) is 17.1 Å². The van der Waals surface area contributed by atoms with Crippen LogP contribution in [-0.4, -0.2) is 4.57 Å². The van der Waals surface area contributed by atoms with Gasteiger partial charge in [0.25, 0.3) is 0 Å². The van der Waals surface area contributed by atoms with Gasteiger partial charge in [-0.2, -0.15) is 0 Å². The third-order valence-electron chi connectivity index (χ3n) is 16.5. The van der Waals surface area contributed by atoms with E-state index >= 15 is 0 Å². The Morgan fingerprint density at radius 3 is 0.841 bits per heavy atom. The fraction of sp³-hybridized carbons (Fsp3) is 0. The van der Waals surface area contributed by atoms with Gasteiger partial charge < -0.3 is 9.47 Å². The molecule has 0 unspecified atom stereocenters. The van der Waals surface area contributed by atoms with Crippen molar-refractivity contribution in [2.75, 3.05) is 4.90 Å². The quantitative estimate of drug-likeness (QED) is 0.125. The third kappa shape index (κ3) is 8.80. The van der Waals surface area contributed by atoms with Crippen LogP contribution in [0.2, 0.25) is 0 Å². The van der Waals surface area contributed by atoms with Crippen LogP contribution in [-0.2, 0) is 0 Å². The molecule has 0 amide bonds. The lowest BCUT2D eigenvalue weighted by molar-refractivity contribution is 1.18. The Hall–Kier alpha value is -10.8. The molecular formula is C80H54N2. The van der Waals surface area contributed by atoms with Gasteiger partial charge in [0, 0.05) is 33.5 Å². The molecule has 1 aromatic heterocycles. The van der Waals surface area contributed by atoms with Gasteiger partial charge in [0.1, 0.15) is 0 Å². The number of fused-ring (bicyclic) bond motifs is 5.